The van der Waals surface area contributed by atoms with Crippen LogP contribution in [0.1, 0.15) is 26.7 Å². The third-order valence-electron chi connectivity index (χ3n) is 2.72. The molecule has 0 aliphatic carbocycles. The van der Waals surface area contributed by atoms with E-state index >= 15 is 0 Å². The van der Waals surface area contributed by atoms with Crippen molar-refractivity contribution in [3.05, 3.63) is 12.2 Å². The zero-order valence-corrected chi connectivity index (χ0v) is 10.6. The van der Waals surface area contributed by atoms with Gasteiger partial charge in [-0.05, 0) is 43.8 Å². The van der Waals surface area contributed by atoms with E-state index in [0.29, 0.717) is 0 Å². The SMILES string of the molecule is C=C(C)[C@@H](N)CCC(C)S(C)(C)C. The Morgan fingerprint density at radius 3 is 2.08 bits per heavy atom. The second-order valence-corrected chi connectivity index (χ2v) is 9.44. The topological polar surface area (TPSA) is 26.0 Å². The van der Waals surface area contributed by atoms with E-state index in [9.17, 15) is 0 Å². The minimum atomic E-state index is -0.409. The lowest BCUT2D eigenvalue weighted by Gasteiger charge is -2.34. The van der Waals surface area contributed by atoms with Gasteiger partial charge in [-0.1, -0.05) is 19.1 Å². The Labute approximate surface area is 85.1 Å². The molecule has 0 saturated heterocycles. The summed E-state index contributed by atoms with van der Waals surface area (Å²) in [4.78, 5) is 0. The van der Waals surface area contributed by atoms with E-state index in [1.165, 1.54) is 6.42 Å². The van der Waals surface area contributed by atoms with Crippen LogP contribution in [0.2, 0.25) is 0 Å². The Morgan fingerprint density at radius 2 is 1.77 bits per heavy atom. The van der Waals surface area contributed by atoms with E-state index < -0.39 is 10.0 Å². The van der Waals surface area contributed by atoms with Gasteiger partial charge >= 0.3 is 0 Å². The van der Waals surface area contributed by atoms with Gasteiger partial charge in [0.15, 0.2) is 0 Å². The van der Waals surface area contributed by atoms with Crippen molar-refractivity contribution in [1.29, 1.82) is 0 Å². The van der Waals surface area contributed by atoms with Crippen molar-refractivity contribution in [3.8, 4) is 0 Å². The van der Waals surface area contributed by atoms with E-state index in [-0.39, 0.29) is 6.04 Å². The molecule has 0 heterocycles. The second-order valence-electron chi connectivity index (χ2n) is 4.77. The van der Waals surface area contributed by atoms with E-state index in [2.05, 4.69) is 32.3 Å². The van der Waals surface area contributed by atoms with Crippen LogP contribution >= 0.6 is 10.0 Å². The van der Waals surface area contributed by atoms with Crippen molar-refractivity contribution in [1.82, 2.24) is 0 Å². The van der Waals surface area contributed by atoms with Crippen molar-refractivity contribution >= 4 is 10.0 Å². The van der Waals surface area contributed by atoms with Gasteiger partial charge in [0.25, 0.3) is 0 Å². The number of hydrogen-bond acceptors (Lipinski definition) is 1. The Kier molecular flexibility index (Phi) is 5.08. The van der Waals surface area contributed by atoms with Gasteiger partial charge in [0.2, 0.25) is 0 Å². The fraction of sp³-hybridized carbons (Fsp3) is 0.818. The van der Waals surface area contributed by atoms with E-state index in [0.717, 1.165) is 17.2 Å². The Balaban J connectivity index is 3.83. The van der Waals surface area contributed by atoms with E-state index in [1.54, 1.807) is 0 Å². The zero-order valence-electron chi connectivity index (χ0n) is 9.76. The quantitative estimate of drug-likeness (QED) is 0.683. The standard InChI is InChI=1S/C11H25NS/c1-9(2)11(12)8-7-10(3)13(4,5)6/h10-11H,1,7-8,12H2,2-6H3/t10?,11-/m0/s1. The lowest BCUT2D eigenvalue weighted by molar-refractivity contribution is 0.639. The Hall–Kier alpha value is 0.0500. The lowest BCUT2D eigenvalue weighted by Crippen LogP contribution is -2.23. The van der Waals surface area contributed by atoms with Crippen molar-refractivity contribution in [3.63, 3.8) is 0 Å². The normalized spacial score (nSPS) is 18.0. The number of hydrogen-bond donors (Lipinski definition) is 1. The highest BCUT2D eigenvalue weighted by Crippen LogP contribution is 2.42. The van der Waals surface area contributed by atoms with Gasteiger partial charge in [-0.2, -0.15) is 0 Å². The second kappa shape index (κ2) is 5.06. The molecule has 2 atom stereocenters. The van der Waals surface area contributed by atoms with Crippen molar-refractivity contribution in [2.45, 2.75) is 38.0 Å². The minimum Gasteiger partial charge on any atom is -0.324 e. The summed E-state index contributed by atoms with van der Waals surface area (Å²) >= 11 is 0. The van der Waals surface area contributed by atoms with Crippen LogP contribution in [0.5, 0.6) is 0 Å². The lowest BCUT2D eigenvalue weighted by atomic mass is 10.1. The third-order valence-corrected chi connectivity index (χ3v) is 5.37. The van der Waals surface area contributed by atoms with Crippen LogP contribution in [-0.4, -0.2) is 30.1 Å². The molecule has 0 aromatic rings. The van der Waals surface area contributed by atoms with Crippen LogP contribution in [0.4, 0.5) is 0 Å². The molecule has 1 unspecified atom stereocenters. The summed E-state index contributed by atoms with van der Waals surface area (Å²) in [5.41, 5.74) is 7.03. The summed E-state index contributed by atoms with van der Waals surface area (Å²) in [6.45, 7) is 8.22. The average Bonchev–Trinajstić information content (AvgIpc) is 1.97. The van der Waals surface area contributed by atoms with Crippen LogP contribution in [-0.2, 0) is 0 Å². The molecule has 1 nitrogen and oxygen atoms in total. The molecule has 0 fully saturated rings. The largest absolute Gasteiger partial charge is 0.324 e. The molecule has 0 aliphatic rings. The highest BCUT2D eigenvalue weighted by atomic mass is 32.3. The molecule has 2 heteroatoms. The van der Waals surface area contributed by atoms with Crippen LogP contribution in [0.15, 0.2) is 12.2 Å². The molecular formula is C11H25NS. The summed E-state index contributed by atoms with van der Waals surface area (Å²) in [6.07, 6.45) is 9.41. The Morgan fingerprint density at radius 1 is 1.31 bits per heavy atom. The molecule has 2 N–H and O–H groups in total. The first-order valence-electron chi connectivity index (χ1n) is 4.83. The molecular weight excluding hydrogens is 178 g/mol. The summed E-state index contributed by atoms with van der Waals surface area (Å²) in [6, 6.07) is 0.198. The molecule has 0 aromatic carbocycles. The highest BCUT2D eigenvalue weighted by Gasteiger charge is 2.15. The molecule has 0 radical (unpaired) electrons. The van der Waals surface area contributed by atoms with Crippen molar-refractivity contribution in [2.75, 3.05) is 18.8 Å². The molecule has 0 bridgehead atoms. The maximum Gasteiger partial charge on any atom is 0.0248 e. The minimum absolute atomic E-state index is 0.198. The first-order valence-corrected chi connectivity index (χ1v) is 7.75. The molecule has 0 aromatic heterocycles. The first-order chi connectivity index (χ1) is 5.75. The summed E-state index contributed by atoms with van der Waals surface area (Å²) in [7, 11) is -0.409. The van der Waals surface area contributed by atoms with E-state index in [4.69, 9.17) is 5.73 Å². The third kappa shape index (κ3) is 5.37. The van der Waals surface area contributed by atoms with Gasteiger partial charge in [-0.25, -0.2) is 10.0 Å². The van der Waals surface area contributed by atoms with Crippen molar-refractivity contribution < 1.29 is 0 Å². The van der Waals surface area contributed by atoms with Gasteiger partial charge in [0.1, 0.15) is 0 Å². The van der Waals surface area contributed by atoms with Gasteiger partial charge in [-0.15, -0.1) is 0 Å². The summed E-state index contributed by atoms with van der Waals surface area (Å²) < 4.78 is 0. The predicted octanol–water partition coefficient (Wildman–Crippen LogP) is 2.75. The molecule has 80 valence electrons. The van der Waals surface area contributed by atoms with E-state index in [1.807, 2.05) is 6.92 Å². The highest BCUT2D eigenvalue weighted by molar-refractivity contribution is 8.32. The Bertz CT molecular complexity index is 169. The summed E-state index contributed by atoms with van der Waals surface area (Å²) in [5.74, 6) is 0. The smallest absolute Gasteiger partial charge is 0.0248 e. The van der Waals surface area contributed by atoms with Crippen LogP contribution in [0.25, 0.3) is 0 Å². The maximum absolute atomic E-state index is 5.92. The number of nitrogens with two attached hydrogens (primary N) is 1. The van der Waals surface area contributed by atoms with Gasteiger partial charge in [0.05, 0.1) is 0 Å². The van der Waals surface area contributed by atoms with Crippen LogP contribution in [0, 0.1) is 0 Å². The van der Waals surface area contributed by atoms with Crippen LogP contribution in [0.3, 0.4) is 0 Å². The molecule has 0 rings (SSSR count). The molecule has 13 heavy (non-hydrogen) atoms. The summed E-state index contributed by atoms with van der Waals surface area (Å²) in [5, 5.41) is 0.804. The predicted molar refractivity (Wildman–Crippen MR) is 66.8 cm³/mol. The first kappa shape index (κ1) is 13.1. The zero-order chi connectivity index (χ0) is 10.6. The van der Waals surface area contributed by atoms with Gasteiger partial charge in [0, 0.05) is 6.04 Å². The van der Waals surface area contributed by atoms with Gasteiger partial charge in [-0.3, -0.25) is 0 Å². The fourth-order valence-electron chi connectivity index (χ4n) is 1.01. The molecule has 0 aliphatic heterocycles. The average molecular weight is 203 g/mol. The molecule has 0 amide bonds. The molecule has 0 saturated carbocycles. The number of rotatable bonds is 5. The maximum atomic E-state index is 5.92. The monoisotopic (exact) mass is 203 g/mol. The van der Waals surface area contributed by atoms with Gasteiger partial charge < -0.3 is 5.73 Å². The van der Waals surface area contributed by atoms with Crippen LogP contribution < -0.4 is 5.73 Å². The van der Waals surface area contributed by atoms with Crippen molar-refractivity contribution in [2.24, 2.45) is 5.73 Å². The fourth-order valence-corrected chi connectivity index (χ4v) is 1.86. The molecule has 0 spiro atoms.